The normalized spacial score (nSPS) is 17.2. The van der Waals surface area contributed by atoms with Gasteiger partial charge in [0.05, 0.1) is 5.70 Å². The van der Waals surface area contributed by atoms with E-state index in [-0.39, 0.29) is 43.5 Å². The topological polar surface area (TPSA) is 43.2 Å². The molecule has 0 spiro atoms. The predicted octanol–water partition coefficient (Wildman–Crippen LogP) is 3.04. The second kappa shape index (κ2) is 12.4. The van der Waals surface area contributed by atoms with E-state index in [0.717, 1.165) is 39.3 Å². The van der Waals surface area contributed by atoms with E-state index >= 15 is 0 Å². The number of carbonyl (C=O) groups excluding carboxylic acids is 2. The molecule has 38 heavy (non-hydrogen) atoms. The van der Waals surface area contributed by atoms with E-state index in [4.69, 9.17) is 0 Å². The molecule has 3 aromatic carbocycles. The molecule has 0 aromatic heterocycles. The van der Waals surface area contributed by atoms with E-state index < -0.39 is 7.92 Å². The van der Waals surface area contributed by atoms with E-state index in [1.807, 2.05) is 14.7 Å². The SMILES string of the molecule is Cl.O=C1C=C(N2CC2)C(=O)C(N2CC2)=C1N1CC1.[Rh].c1ccc(P(c2ccccc2)c2ccccc2)cc1. The van der Waals surface area contributed by atoms with Crippen molar-refractivity contribution in [1.82, 2.24) is 14.7 Å². The van der Waals surface area contributed by atoms with Crippen molar-refractivity contribution < 1.29 is 29.1 Å². The Labute approximate surface area is 244 Å². The number of benzene rings is 3. The van der Waals surface area contributed by atoms with Crippen LogP contribution in [0.3, 0.4) is 0 Å². The third-order valence-electron chi connectivity index (χ3n) is 6.53. The van der Waals surface area contributed by atoms with Gasteiger partial charge in [0.2, 0.25) is 11.6 Å². The summed E-state index contributed by atoms with van der Waals surface area (Å²) in [4.78, 5) is 30.5. The number of hydrogen-bond acceptors (Lipinski definition) is 5. The van der Waals surface area contributed by atoms with Crippen LogP contribution in [0.5, 0.6) is 0 Å². The molecule has 0 atom stereocenters. The van der Waals surface area contributed by atoms with Crippen LogP contribution >= 0.6 is 20.3 Å². The van der Waals surface area contributed by atoms with Gasteiger partial charge in [-0.05, 0) is 23.8 Å². The Morgan fingerprint density at radius 1 is 0.526 bits per heavy atom. The Balaban J connectivity index is 0.000000169. The second-order valence-electron chi connectivity index (χ2n) is 9.22. The smallest absolute Gasteiger partial charge is 0.227 e. The summed E-state index contributed by atoms with van der Waals surface area (Å²) in [7, 11) is -0.446. The van der Waals surface area contributed by atoms with Crippen LogP contribution in [0.15, 0.2) is 114 Å². The van der Waals surface area contributed by atoms with E-state index in [0.29, 0.717) is 17.1 Å². The van der Waals surface area contributed by atoms with Crippen LogP contribution in [0.2, 0.25) is 0 Å². The molecular formula is C30H29ClN3O2PRh. The Bertz CT molecular complexity index is 1250. The fourth-order valence-electron chi connectivity index (χ4n) is 4.45. The first-order valence-corrected chi connectivity index (χ1v) is 13.8. The zero-order valence-corrected chi connectivity index (χ0v) is 24.2. The first-order chi connectivity index (χ1) is 17.7. The molecule has 3 aliphatic heterocycles. The number of ketones is 2. The largest absolute Gasteiger partial charge is 0.365 e. The predicted molar refractivity (Wildman–Crippen MR) is 152 cm³/mol. The van der Waals surface area contributed by atoms with E-state index in [2.05, 4.69) is 91.0 Å². The maximum atomic E-state index is 12.4. The minimum absolute atomic E-state index is 0. The van der Waals surface area contributed by atoms with Crippen molar-refractivity contribution in [2.24, 2.45) is 0 Å². The van der Waals surface area contributed by atoms with Crippen LogP contribution in [0.1, 0.15) is 0 Å². The van der Waals surface area contributed by atoms with Crippen LogP contribution in [-0.2, 0) is 29.1 Å². The molecule has 0 N–H and O–H groups in total. The average Bonchev–Trinajstić information content (AvgIpc) is 3.77. The van der Waals surface area contributed by atoms with Crippen molar-refractivity contribution in [3.63, 3.8) is 0 Å². The molecule has 5 nitrogen and oxygen atoms in total. The molecule has 1 radical (unpaired) electrons. The summed E-state index contributed by atoms with van der Waals surface area (Å²) in [5, 5.41) is 4.19. The summed E-state index contributed by atoms with van der Waals surface area (Å²) in [5.41, 5.74) is 1.89. The number of carbonyl (C=O) groups is 2. The number of Topliss-reactive ketones (excluding diaryl/α,β-unsaturated/α-hetero) is 1. The summed E-state index contributed by atoms with van der Waals surface area (Å²) in [6.45, 7) is 5.41. The summed E-state index contributed by atoms with van der Waals surface area (Å²) >= 11 is 0. The molecule has 3 fully saturated rings. The number of allylic oxidation sites excluding steroid dienone is 1. The molecule has 3 aromatic rings. The number of hydrogen-bond donors (Lipinski definition) is 0. The third kappa shape index (κ3) is 6.26. The summed E-state index contributed by atoms with van der Waals surface area (Å²) in [6.07, 6.45) is 1.52. The van der Waals surface area contributed by atoms with Gasteiger partial charge in [-0.25, -0.2) is 0 Å². The van der Waals surface area contributed by atoms with Crippen molar-refractivity contribution in [2.75, 3.05) is 39.3 Å². The molecule has 4 aliphatic rings. The summed E-state index contributed by atoms with van der Waals surface area (Å²) in [6, 6.07) is 32.3. The van der Waals surface area contributed by atoms with Crippen molar-refractivity contribution >= 4 is 47.8 Å². The summed E-state index contributed by atoms with van der Waals surface area (Å²) in [5.74, 6) is 0.0485. The van der Waals surface area contributed by atoms with Crippen molar-refractivity contribution in [1.29, 1.82) is 0 Å². The summed E-state index contributed by atoms with van der Waals surface area (Å²) < 4.78 is 0. The Morgan fingerprint density at radius 2 is 0.895 bits per heavy atom. The second-order valence-corrected chi connectivity index (χ2v) is 11.4. The van der Waals surface area contributed by atoms with Gasteiger partial charge in [-0.1, -0.05) is 91.0 Å². The maximum Gasteiger partial charge on any atom is 0.227 e. The maximum absolute atomic E-state index is 12.4. The Morgan fingerprint density at radius 3 is 1.26 bits per heavy atom. The van der Waals surface area contributed by atoms with Gasteiger partial charge in [0.25, 0.3) is 0 Å². The molecule has 3 saturated heterocycles. The Kier molecular flexibility index (Phi) is 9.20. The van der Waals surface area contributed by atoms with Crippen molar-refractivity contribution in [3.05, 3.63) is 114 Å². The molecule has 197 valence electrons. The molecule has 0 unspecified atom stereocenters. The van der Waals surface area contributed by atoms with Crippen LogP contribution in [0.25, 0.3) is 0 Å². The van der Waals surface area contributed by atoms with Gasteiger partial charge < -0.3 is 14.7 Å². The molecule has 0 saturated carbocycles. The number of halogens is 1. The Hall–Kier alpha value is -2.78. The molecule has 7 rings (SSSR count). The third-order valence-corrected chi connectivity index (χ3v) is 8.97. The van der Waals surface area contributed by atoms with E-state index in [9.17, 15) is 9.59 Å². The van der Waals surface area contributed by atoms with Gasteiger partial charge in [0.1, 0.15) is 11.4 Å². The quantitative estimate of drug-likeness (QED) is 0.181. The van der Waals surface area contributed by atoms with Gasteiger partial charge >= 0.3 is 0 Å². The van der Waals surface area contributed by atoms with Gasteiger partial charge in [-0.15, -0.1) is 12.4 Å². The zero-order valence-electron chi connectivity index (χ0n) is 20.8. The molecule has 8 heteroatoms. The van der Waals surface area contributed by atoms with Crippen molar-refractivity contribution in [2.45, 2.75) is 0 Å². The minimum Gasteiger partial charge on any atom is -0.365 e. The standard InChI is InChI=1S/C18H15P.C12H13N3O2.ClH.Rh/c1-4-10-16(11-5-1)19(17-12-6-2-7-13-17)18-14-8-3-9-15-18;16-9-7-8(13-1-2-13)12(17)11(15-5-6-15)10(9)14-3-4-14;;/h1-15H;7H,1-6H2;1H;. The van der Waals surface area contributed by atoms with E-state index in [1.165, 1.54) is 22.0 Å². The van der Waals surface area contributed by atoms with Gasteiger partial charge in [0, 0.05) is 64.8 Å². The van der Waals surface area contributed by atoms with Gasteiger partial charge in [-0.3, -0.25) is 9.59 Å². The van der Waals surface area contributed by atoms with Crippen LogP contribution in [0, 0.1) is 0 Å². The zero-order chi connectivity index (χ0) is 24.5. The fraction of sp³-hybridized carbons (Fsp3) is 0.200. The average molecular weight is 633 g/mol. The fourth-order valence-corrected chi connectivity index (χ4v) is 6.76. The molecule has 0 bridgehead atoms. The molecule has 1 aliphatic carbocycles. The van der Waals surface area contributed by atoms with Gasteiger partial charge in [-0.2, -0.15) is 0 Å². The number of nitrogens with zero attached hydrogens (tertiary/aromatic N) is 3. The first kappa shape index (κ1) is 28.2. The van der Waals surface area contributed by atoms with E-state index in [1.54, 1.807) is 0 Å². The van der Waals surface area contributed by atoms with Gasteiger partial charge in [0.15, 0.2) is 0 Å². The molecule has 0 amide bonds. The molecular weight excluding hydrogens is 604 g/mol. The van der Waals surface area contributed by atoms with Crippen LogP contribution in [0.4, 0.5) is 0 Å². The number of rotatable bonds is 6. The van der Waals surface area contributed by atoms with Crippen LogP contribution < -0.4 is 15.9 Å². The molecule has 3 heterocycles. The minimum atomic E-state index is -0.446. The monoisotopic (exact) mass is 632 g/mol. The van der Waals surface area contributed by atoms with Crippen LogP contribution in [-0.4, -0.2) is 65.5 Å². The van der Waals surface area contributed by atoms with Crippen molar-refractivity contribution in [3.8, 4) is 0 Å². The first-order valence-electron chi connectivity index (χ1n) is 12.5.